The summed E-state index contributed by atoms with van der Waals surface area (Å²) < 4.78 is 5.35. The molecule has 2 aromatic rings. The minimum atomic E-state index is -0.438. The molecule has 1 unspecified atom stereocenters. The van der Waals surface area contributed by atoms with Gasteiger partial charge in [-0.25, -0.2) is 0 Å². The Morgan fingerprint density at radius 1 is 1.00 bits per heavy atom. The SMILES string of the molecule is COC(C(=O)CCCc1ccccc1)c1ccccc1. The summed E-state index contributed by atoms with van der Waals surface area (Å²) in [5.41, 5.74) is 2.20. The van der Waals surface area contributed by atoms with Crippen LogP contribution in [0, 0.1) is 0 Å². The highest BCUT2D eigenvalue weighted by Gasteiger charge is 2.18. The molecule has 0 radical (unpaired) electrons. The number of ketones is 1. The highest BCUT2D eigenvalue weighted by atomic mass is 16.5. The van der Waals surface area contributed by atoms with E-state index in [-0.39, 0.29) is 5.78 Å². The molecule has 2 heteroatoms. The molecular formula is C18H20O2. The van der Waals surface area contributed by atoms with Crippen molar-refractivity contribution < 1.29 is 9.53 Å². The maximum absolute atomic E-state index is 12.2. The standard InChI is InChI=1S/C18H20O2/c1-20-18(16-12-6-3-7-13-16)17(19)14-8-11-15-9-4-2-5-10-15/h2-7,9-10,12-13,18H,8,11,14H2,1H3. The van der Waals surface area contributed by atoms with Crippen LogP contribution in [0.5, 0.6) is 0 Å². The Morgan fingerprint density at radius 2 is 1.60 bits per heavy atom. The van der Waals surface area contributed by atoms with Crippen LogP contribution in [-0.4, -0.2) is 12.9 Å². The highest BCUT2D eigenvalue weighted by Crippen LogP contribution is 2.20. The maximum Gasteiger partial charge on any atom is 0.166 e. The molecule has 0 N–H and O–H groups in total. The van der Waals surface area contributed by atoms with E-state index in [4.69, 9.17) is 4.74 Å². The first kappa shape index (κ1) is 14.5. The van der Waals surface area contributed by atoms with Crippen LogP contribution in [0.1, 0.15) is 30.1 Å². The molecule has 0 amide bonds. The molecule has 1 atom stereocenters. The molecule has 0 spiro atoms. The van der Waals surface area contributed by atoms with Crippen molar-refractivity contribution in [2.45, 2.75) is 25.4 Å². The summed E-state index contributed by atoms with van der Waals surface area (Å²) in [4.78, 5) is 12.2. The predicted molar refractivity (Wildman–Crippen MR) is 80.6 cm³/mol. The van der Waals surface area contributed by atoms with Gasteiger partial charge in [0.25, 0.3) is 0 Å². The fraction of sp³-hybridized carbons (Fsp3) is 0.278. The third-order valence-electron chi connectivity index (χ3n) is 3.36. The zero-order valence-corrected chi connectivity index (χ0v) is 11.8. The van der Waals surface area contributed by atoms with Crippen LogP contribution >= 0.6 is 0 Å². The third-order valence-corrected chi connectivity index (χ3v) is 3.36. The average Bonchev–Trinajstić information content (AvgIpc) is 2.50. The molecule has 20 heavy (non-hydrogen) atoms. The van der Waals surface area contributed by atoms with Crippen LogP contribution in [0.25, 0.3) is 0 Å². The lowest BCUT2D eigenvalue weighted by atomic mass is 10.00. The molecule has 0 bridgehead atoms. The second-order valence-electron chi connectivity index (χ2n) is 4.83. The summed E-state index contributed by atoms with van der Waals surface area (Å²) in [6.45, 7) is 0. The van der Waals surface area contributed by atoms with Gasteiger partial charge in [-0.1, -0.05) is 60.7 Å². The zero-order valence-electron chi connectivity index (χ0n) is 11.8. The van der Waals surface area contributed by atoms with Gasteiger partial charge in [0.15, 0.2) is 5.78 Å². The van der Waals surface area contributed by atoms with Crippen molar-refractivity contribution in [2.75, 3.05) is 7.11 Å². The van der Waals surface area contributed by atoms with E-state index in [2.05, 4.69) is 12.1 Å². The fourth-order valence-corrected chi connectivity index (χ4v) is 2.32. The summed E-state index contributed by atoms with van der Waals surface area (Å²) >= 11 is 0. The van der Waals surface area contributed by atoms with Crippen LogP contribution < -0.4 is 0 Å². The van der Waals surface area contributed by atoms with Gasteiger partial charge in [0.2, 0.25) is 0 Å². The Balaban J connectivity index is 1.87. The van der Waals surface area contributed by atoms with Crippen molar-refractivity contribution in [3.8, 4) is 0 Å². The molecule has 0 aliphatic heterocycles. The van der Waals surface area contributed by atoms with Crippen molar-refractivity contribution in [3.63, 3.8) is 0 Å². The molecule has 0 saturated carbocycles. The van der Waals surface area contributed by atoms with Crippen molar-refractivity contribution in [2.24, 2.45) is 0 Å². The molecule has 0 heterocycles. The zero-order chi connectivity index (χ0) is 14.2. The summed E-state index contributed by atoms with van der Waals surface area (Å²) in [5.74, 6) is 0.148. The van der Waals surface area contributed by atoms with E-state index in [0.29, 0.717) is 6.42 Å². The quantitative estimate of drug-likeness (QED) is 0.759. The van der Waals surface area contributed by atoms with E-state index < -0.39 is 6.10 Å². The second-order valence-corrected chi connectivity index (χ2v) is 4.83. The first-order valence-corrected chi connectivity index (χ1v) is 6.95. The van der Waals surface area contributed by atoms with Gasteiger partial charge < -0.3 is 4.74 Å². The van der Waals surface area contributed by atoms with Gasteiger partial charge >= 0.3 is 0 Å². The normalized spacial score (nSPS) is 12.1. The minimum absolute atomic E-state index is 0.148. The Labute approximate surface area is 120 Å². The number of hydrogen-bond acceptors (Lipinski definition) is 2. The molecule has 0 fully saturated rings. The maximum atomic E-state index is 12.2. The molecule has 2 aromatic carbocycles. The van der Waals surface area contributed by atoms with Crippen LogP contribution in [0.2, 0.25) is 0 Å². The summed E-state index contributed by atoms with van der Waals surface area (Å²) in [7, 11) is 1.59. The Hall–Kier alpha value is -1.93. The van der Waals surface area contributed by atoms with E-state index in [0.717, 1.165) is 18.4 Å². The van der Waals surface area contributed by atoms with Gasteiger partial charge in [-0.2, -0.15) is 0 Å². The first-order valence-electron chi connectivity index (χ1n) is 6.95. The highest BCUT2D eigenvalue weighted by molar-refractivity contribution is 5.84. The smallest absolute Gasteiger partial charge is 0.166 e. The number of aryl methyl sites for hydroxylation is 1. The van der Waals surface area contributed by atoms with E-state index in [1.54, 1.807) is 7.11 Å². The lowest BCUT2D eigenvalue weighted by molar-refractivity contribution is -0.129. The van der Waals surface area contributed by atoms with Gasteiger partial charge in [-0.3, -0.25) is 4.79 Å². The Morgan fingerprint density at radius 3 is 2.20 bits per heavy atom. The van der Waals surface area contributed by atoms with E-state index in [1.165, 1.54) is 5.56 Å². The van der Waals surface area contributed by atoms with Crippen molar-refractivity contribution >= 4 is 5.78 Å². The average molecular weight is 268 g/mol. The molecule has 2 nitrogen and oxygen atoms in total. The second kappa shape index (κ2) is 7.61. The lowest BCUT2D eigenvalue weighted by Crippen LogP contribution is -2.14. The number of rotatable bonds is 7. The molecule has 2 rings (SSSR count). The molecule has 0 aromatic heterocycles. The number of carbonyl (C=O) groups excluding carboxylic acids is 1. The van der Waals surface area contributed by atoms with Crippen molar-refractivity contribution in [1.82, 2.24) is 0 Å². The first-order chi connectivity index (χ1) is 9.81. The van der Waals surface area contributed by atoms with Gasteiger partial charge in [0.05, 0.1) is 0 Å². The van der Waals surface area contributed by atoms with Crippen molar-refractivity contribution in [3.05, 3.63) is 71.8 Å². The molecule has 0 saturated heterocycles. The van der Waals surface area contributed by atoms with Crippen LogP contribution in [-0.2, 0) is 16.0 Å². The van der Waals surface area contributed by atoms with Crippen LogP contribution in [0.15, 0.2) is 60.7 Å². The monoisotopic (exact) mass is 268 g/mol. The van der Waals surface area contributed by atoms with E-state index in [9.17, 15) is 4.79 Å². The molecule has 0 aliphatic rings. The predicted octanol–water partition coefficient (Wildman–Crippen LogP) is 3.97. The Kier molecular flexibility index (Phi) is 5.51. The number of ether oxygens (including phenoxy) is 1. The Bertz CT molecular complexity index is 520. The van der Waals surface area contributed by atoms with E-state index >= 15 is 0 Å². The molecular weight excluding hydrogens is 248 g/mol. The fourth-order valence-electron chi connectivity index (χ4n) is 2.32. The lowest BCUT2D eigenvalue weighted by Gasteiger charge is -2.14. The molecule has 0 aliphatic carbocycles. The number of Topliss-reactive ketones (excluding diaryl/α,β-unsaturated/α-hetero) is 1. The number of hydrogen-bond donors (Lipinski definition) is 0. The third kappa shape index (κ3) is 4.04. The summed E-state index contributed by atoms with van der Waals surface area (Å²) in [5, 5.41) is 0. The van der Waals surface area contributed by atoms with Gasteiger partial charge in [-0.15, -0.1) is 0 Å². The summed E-state index contributed by atoms with van der Waals surface area (Å²) in [6.07, 6.45) is 1.89. The molecule has 104 valence electrons. The number of methoxy groups -OCH3 is 1. The van der Waals surface area contributed by atoms with Gasteiger partial charge in [0, 0.05) is 13.5 Å². The van der Waals surface area contributed by atoms with E-state index in [1.807, 2.05) is 48.5 Å². The van der Waals surface area contributed by atoms with Crippen LogP contribution in [0.4, 0.5) is 0 Å². The van der Waals surface area contributed by atoms with Crippen molar-refractivity contribution in [1.29, 1.82) is 0 Å². The van der Waals surface area contributed by atoms with Crippen LogP contribution in [0.3, 0.4) is 0 Å². The largest absolute Gasteiger partial charge is 0.369 e. The topological polar surface area (TPSA) is 26.3 Å². The number of carbonyl (C=O) groups is 1. The van der Waals surface area contributed by atoms with Gasteiger partial charge in [0.1, 0.15) is 6.10 Å². The van der Waals surface area contributed by atoms with Gasteiger partial charge in [-0.05, 0) is 24.0 Å². The minimum Gasteiger partial charge on any atom is -0.369 e. The summed E-state index contributed by atoms with van der Waals surface area (Å²) in [6, 6.07) is 19.9. The number of benzene rings is 2.